The number of rotatable bonds is 5. The molecule has 0 aromatic heterocycles. The molecule has 1 aromatic carbocycles. The van der Waals surface area contributed by atoms with Crippen molar-refractivity contribution in [2.75, 3.05) is 0 Å². The Hall–Kier alpha value is -0.870. The van der Waals surface area contributed by atoms with Gasteiger partial charge in [-0.3, -0.25) is 0 Å². The predicted molar refractivity (Wildman–Crippen MR) is 69.7 cm³/mol. The van der Waals surface area contributed by atoms with E-state index in [0.29, 0.717) is 0 Å². The molecule has 1 heteroatoms. The van der Waals surface area contributed by atoms with Gasteiger partial charge in [-0.1, -0.05) is 67.8 Å². The third kappa shape index (κ3) is 6.25. The molecule has 0 aliphatic heterocycles. The summed E-state index contributed by atoms with van der Waals surface area (Å²) in [6, 6.07) is 10.5. The van der Waals surface area contributed by atoms with Crippen molar-refractivity contribution in [3.8, 4) is 11.2 Å². The van der Waals surface area contributed by atoms with Gasteiger partial charge in [-0.15, -0.1) is 0 Å². The maximum atomic E-state index is 3.20. The molecule has 1 aromatic rings. The summed E-state index contributed by atoms with van der Waals surface area (Å²) in [5, 5.41) is 3.16. The molecule has 15 heavy (non-hydrogen) atoms. The maximum Gasteiger partial charge on any atom is 0.0308 e. The lowest BCUT2D eigenvalue weighted by Crippen LogP contribution is -1.76. The molecule has 0 fully saturated rings. The van der Waals surface area contributed by atoms with E-state index in [-0.39, 0.29) is 0 Å². The van der Waals surface area contributed by atoms with Crippen LogP contribution < -0.4 is 0 Å². The Labute approximate surface area is 97.5 Å². The molecule has 0 atom stereocenters. The fourth-order valence-electron chi connectivity index (χ4n) is 1.26. The molecule has 80 valence electrons. The van der Waals surface area contributed by atoms with E-state index < -0.39 is 0 Å². The maximum absolute atomic E-state index is 3.20. The van der Waals surface area contributed by atoms with Gasteiger partial charge in [0.05, 0.1) is 0 Å². The number of benzene rings is 1. The van der Waals surface area contributed by atoms with Crippen molar-refractivity contribution >= 4 is 11.8 Å². The highest BCUT2D eigenvalue weighted by molar-refractivity contribution is 8.03. The molecule has 0 radical (unpaired) electrons. The van der Waals surface area contributed by atoms with Crippen molar-refractivity contribution in [2.24, 2.45) is 0 Å². The van der Waals surface area contributed by atoms with Gasteiger partial charge in [0.2, 0.25) is 0 Å². The van der Waals surface area contributed by atoms with E-state index in [2.05, 4.69) is 42.4 Å². The van der Waals surface area contributed by atoms with Gasteiger partial charge in [0.25, 0.3) is 0 Å². The van der Waals surface area contributed by atoms with E-state index in [1.807, 2.05) is 6.07 Å². The SMILES string of the molecule is CCCCCC#CSCc1ccccc1. The zero-order valence-corrected chi connectivity index (χ0v) is 10.1. The second-order valence-corrected chi connectivity index (χ2v) is 4.29. The van der Waals surface area contributed by atoms with E-state index >= 15 is 0 Å². The summed E-state index contributed by atoms with van der Waals surface area (Å²) in [5.74, 6) is 4.21. The second kappa shape index (κ2) is 8.44. The van der Waals surface area contributed by atoms with Gasteiger partial charge in [-0.2, -0.15) is 0 Å². The molecule has 0 nitrogen and oxygen atoms in total. The molecule has 0 unspecified atom stereocenters. The van der Waals surface area contributed by atoms with Gasteiger partial charge in [0.15, 0.2) is 0 Å². The van der Waals surface area contributed by atoms with Gasteiger partial charge < -0.3 is 0 Å². The van der Waals surface area contributed by atoms with E-state index in [1.54, 1.807) is 11.8 Å². The van der Waals surface area contributed by atoms with Crippen molar-refractivity contribution in [3.05, 3.63) is 35.9 Å². The Morgan fingerprint density at radius 2 is 1.93 bits per heavy atom. The largest absolute Gasteiger partial charge is 0.0913 e. The zero-order valence-electron chi connectivity index (χ0n) is 9.33. The zero-order chi connectivity index (χ0) is 10.8. The Morgan fingerprint density at radius 1 is 1.13 bits per heavy atom. The van der Waals surface area contributed by atoms with Crippen LogP contribution in [0.25, 0.3) is 0 Å². The first-order valence-corrected chi connectivity index (χ1v) is 6.55. The quantitative estimate of drug-likeness (QED) is 0.519. The molecule has 0 spiro atoms. The molecule has 0 aliphatic rings. The minimum Gasteiger partial charge on any atom is -0.0913 e. The number of thioether (sulfide) groups is 1. The van der Waals surface area contributed by atoms with Crippen molar-refractivity contribution < 1.29 is 0 Å². The molecule has 0 N–H and O–H groups in total. The minimum absolute atomic E-state index is 1.00. The van der Waals surface area contributed by atoms with Gasteiger partial charge in [-0.05, 0) is 17.2 Å². The smallest absolute Gasteiger partial charge is 0.0308 e. The third-order valence-electron chi connectivity index (χ3n) is 2.13. The van der Waals surface area contributed by atoms with Crippen LogP contribution in [-0.2, 0) is 5.75 Å². The van der Waals surface area contributed by atoms with Gasteiger partial charge in [0.1, 0.15) is 0 Å². The predicted octanol–water partition coefficient (Wildman–Crippen LogP) is 4.46. The van der Waals surface area contributed by atoms with Crippen LogP contribution in [0.1, 0.15) is 38.2 Å². The fraction of sp³-hybridized carbons (Fsp3) is 0.429. The number of unbranched alkanes of at least 4 members (excludes halogenated alkanes) is 3. The summed E-state index contributed by atoms with van der Waals surface area (Å²) in [6.45, 7) is 2.22. The average molecular weight is 218 g/mol. The Kier molecular flexibility index (Phi) is 6.86. The molecule has 0 amide bonds. The first-order chi connectivity index (χ1) is 7.43. The first kappa shape index (κ1) is 12.2. The second-order valence-electron chi connectivity index (χ2n) is 3.51. The fourth-order valence-corrected chi connectivity index (χ4v) is 1.89. The Balaban J connectivity index is 2.11. The molecule has 0 bridgehead atoms. The number of hydrogen-bond donors (Lipinski definition) is 0. The summed E-state index contributed by atoms with van der Waals surface area (Å²) < 4.78 is 0. The first-order valence-electron chi connectivity index (χ1n) is 5.57. The average Bonchev–Trinajstić information content (AvgIpc) is 2.29. The molecule has 0 aliphatic carbocycles. The van der Waals surface area contributed by atoms with Crippen LogP contribution in [0.2, 0.25) is 0 Å². The summed E-state index contributed by atoms with van der Waals surface area (Å²) in [4.78, 5) is 0. The van der Waals surface area contributed by atoms with E-state index in [0.717, 1.165) is 12.2 Å². The standard InChI is InChI=1S/C14H18S/c1-2-3-4-5-9-12-15-13-14-10-7-6-8-11-14/h6-8,10-11H,2-5,13H2,1H3. The molecule has 0 heterocycles. The Morgan fingerprint density at radius 3 is 2.67 bits per heavy atom. The van der Waals surface area contributed by atoms with Crippen LogP contribution in [0, 0.1) is 11.2 Å². The summed E-state index contributed by atoms with van der Waals surface area (Å²) in [5.41, 5.74) is 1.35. The van der Waals surface area contributed by atoms with Crippen molar-refractivity contribution in [3.63, 3.8) is 0 Å². The monoisotopic (exact) mass is 218 g/mol. The summed E-state index contributed by atoms with van der Waals surface area (Å²) >= 11 is 1.70. The lowest BCUT2D eigenvalue weighted by atomic mass is 10.2. The topological polar surface area (TPSA) is 0 Å². The highest BCUT2D eigenvalue weighted by Gasteiger charge is 1.88. The van der Waals surface area contributed by atoms with Crippen molar-refractivity contribution in [2.45, 2.75) is 38.4 Å². The molecule has 0 saturated carbocycles. The molecule has 1 rings (SSSR count). The van der Waals surface area contributed by atoms with E-state index in [4.69, 9.17) is 0 Å². The summed E-state index contributed by atoms with van der Waals surface area (Å²) in [6.07, 6.45) is 4.88. The van der Waals surface area contributed by atoms with Crippen LogP contribution in [-0.4, -0.2) is 0 Å². The summed E-state index contributed by atoms with van der Waals surface area (Å²) in [7, 11) is 0. The van der Waals surface area contributed by atoms with Crippen molar-refractivity contribution in [1.29, 1.82) is 0 Å². The van der Waals surface area contributed by atoms with Crippen LogP contribution in [0.15, 0.2) is 30.3 Å². The van der Waals surface area contributed by atoms with Crippen LogP contribution in [0.5, 0.6) is 0 Å². The van der Waals surface area contributed by atoms with E-state index in [1.165, 1.54) is 24.8 Å². The highest BCUT2D eigenvalue weighted by Crippen LogP contribution is 2.10. The van der Waals surface area contributed by atoms with Gasteiger partial charge >= 0.3 is 0 Å². The van der Waals surface area contributed by atoms with Gasteiger partial charge in [0, 0.05) is 12.2 Å². The molecular formula is C14H18S. The normalized spacial score (nSPS) is 9.40. The van der Waals surface area contributed by atoms with Crippen LogP contribution in [0.4, 0.5) is 0 Å². The molecule has 0 saturated heterocycles. The molecular weight excluding hydrogens is 200 g/mol. The number of hydrogen-bond acceptors (Lipinski definition) is 1. The lowest BCUT2D eigenvalue weighted by Gasteiger charge is -1.94. The Bertz CT molecular complexity index is 305. The van der Waals surface area contributed by atoms with Gasteiger partial charge in [-0.25, -0.2) is 0 Å². The van der Waals surface area contributed by atoms with Crippen LogP contribution >= 0.6 is 11.8 Å². The minimum atomic E-state index is 1.00. The third-order valence-corrected chi connectivity index (χ3v) is 2.90. The van der Waals surface area contributed by atoms with Crippen LogP contribution in [0.3, 0.4) is 0 Å². The lowest BCUT2D eigenvalue weighted by molar-refractivity contribution is 0.737. The highest BCUT2D eigenvalue weighted by atomic mass is 32.2. The van der Waals surface area contributed by atoms with Crippen molar-refractivity contribution in [1.82, 2.24) is 0 Å². The van der Waals surface area contributed by atoms with E-state index in [9.17, 15) is 0 Å².